The lowest BCUT2D eigenvalue weighted by atomic mass is 10.0. The van der Waals surface area contributed by atoms with E-state index in [1.54, 1.807) is 0 Å². The summed E-state index contributed by atoms with van der Waals surface area (Å²) in [6.07, 6.45) is 46.7. The van der Waals surface area contributed by atoms with Crippen LogP contribution in [0, 0.1) is 0 Å². The first-order valence-corrected chi connectivity index (χ1v) is 19.5. The van der Waals surface area contributed by atoms with Gasteiger partial charge in [-0.25, -0.2) is 9.59 Å². The summed E-state index contributed by atoms with van der Waals surface area (Å²) in [5.41, 5.74) is 0.619. The van der Waals surface area contributed by atoms with Crippen LogP contribution >= 0.6 is 0 Å². The van der Waals surface area contributed by atoms with E-state index in [2.05, 4.69) is 45.2 Å². The predicted octanol–water partition coefficient (Wildman–Crippen LogP) is 14.1. The highest BCUT2D eigenvalue weighted by Crippen LogP contribution is 2.14. The van der Waals surface area contributed by atoms with Crippen LogP contribution in [0.15, 0.2) is 48.6 Å². The van der Waals surface area contributed by atoms with E-state index in [0.717, 1.165) is 19.3 Å². The van der Waals surface area contributed by atoms with Gasteiger partial charge in [0.1, 0.15) is 0 Å². The Morgan fingerprint density at radius 2 is 0.696 bits per heavy atom. The molecule has 0 unspecified atom stereocenters. The summed E-state index contributed by atoms with van der Waals surface area (Å²) in [7, 11) is 0. The van der Waals surface area contributed by atoms with Crippen molar-refractivity contribution in [3.63, 3.8) is 0 Å². The summed E-state index contributed by atoms with van der Waals surface area (Å²) in [4.78, 5) is 21.1. The highest BCUT2D eigenvalue weighted by atomic mass is 16.4. The predicted molar refractivity (Wildman–Crippen MR) is 202 cm³/mol. The summed E-state index contributed by atoms with van der Waals surface area (Å²) in [6, 6.07) is 0. The summed E-state index contributed by atoms with van der Waals surface area (Å²) >= 11 is 0. The molecule has 0 amide bonds. The van der Waals surface area contributed by atoms with Gasteiger partial charge in [-0.1, -0.05) is 186 Å². The molecule has 0 aromatic rings. The van der Waals surface area contributed by atoms with E-state index in [9.17, 15) is 9.59 Å². The lowest BCUT2D eigenvalue weighted by Gasteiger charge is -2.02. The maximum atomic E-state index is 10.6. The van der Waals surface area contributed by atoms with Gasteiger partial charge < -0.3 is 10.2 Å². The molecule has 4 nitrogen and oxygen atoms in total. The monoisotopic (exact) mass is 645 g/mol. The quantitative estimate of drug-likeness (QED) is 0.0415. The van der Waals surface area contributed by atoms with E-state index >= 15 is 0 Å². The van der Waals surface area contributed by atoms with Crippen molar-refractivity contribution in [3.8, 4) is 0 Å². The Hall–Kier alpha value is -2.10. The van der Waals surface area contributed by atoms with Crippen molar-refractivity contribution >= 4 is 11.9 Å². The summed E-state index contributed by atoms with van der Waals surface area (Å²) in [5.74, 6) is -1.74. The molecule has 0 aliphatic heterocycles. The molecule has 0 atom stereocenters. The van der Waals surface area contributed by atoms with Crippen molar-refractivity contribution in [2.45, 2.75) is 206 Å². The lowest BCUT2D eigenvalue weighted by Crippen LogP contribution is -1.98. The van der Waals surface area contributed by atoms with Gasteiger partial charge in [-0.05, 0) is 57.8 Å². The molecule has 0 bridgehead atoms. The third-order valence-corrected chi connectivity index (χ3v) is 8.60. The number of hydrogen-bond acceptors (Lipinski definition) is 2. The Morgan fingerprint density at radius 3 is 1.02 bits per heavy atom. The standard InChI is InChI=1S/C22H40O2.C20H36O2/c1-3-4-5-6-7-8-9-10-11-12-13-14-15-16-17-18-19-20-21(2)22(23)24;1-3-4-5-6-7-8-9-10-11-12-13-14-15-16-17-18-19(2)20(21)22/h10-11H,2-9,12-20H2,1H3,(H,23,24);16-17H,2-15,18H2,1H3,(H,21,22)/b11-10-;. The fourth-order valence-electron chi connectivity index (χ4n) is 5.40. The molecule has 0 rings (SSSR count). The van der Waals surface area contributed by atoms with E-state index in [4.69, 9.17) is 10.2 Å². The maximum Gasteiger partial charge on any atom is 0.331 e. The van der Waals surface area contributed by atoms with Gasteiger partial charge in [0.05, 0.1) is 0 Å². The largest absolute Gasteiger partial charge is 0.478 e. The zero-order chi connectivity index (χ0) is 34.4. The first kappa shape index (κ1) is 46.0. The molecule has 0 aromatic heterocycles. The van der Waals surface area contributed by atoms with Gasteiger partial charge in [0.25, 0.3) is 0 Å². The first-order chi connectivity index (χ1) is 22.4. The van der Waals surface area contributed by atoms with Crippen LogP contribution in [-0.2, 0) is 9.59 Å². The van der Waals surface area contributed by atoms with Crippen LogP contribution in [0.5, 0.6) is 0 Å². The third kappa shape index (κ3) is 39.9. The van der Waals surface area contributed by atoms with Crippen LogP contribution < -0.4 is 0 Å². The van der Waals surface area contributed by atoms with E-state index < -0.39 is 11.9 Å². The normalized spacial score (nSPS) is 11.2. The number of rotatable bonds is 34. The second-order valence-electron chi connectivity index (χ2n) is 13.2. The van der Waals surface area contributed by atoms with Gasteiger partial charge in [0, 0.05) is 11.1 Å². The molecular formula is C42H76O4. The van der Waals surface area contributed by atoms with Crippen molar-refractivity contribution in [2.75, 3.05) is 0 Å². The van der Waals surface area contributed by atoms with E-state index in [1.807, 2.05) is 6.08 Å². The second kappa shape index (κ2) is 39.1. The van der Waals surface area contributed by atoms with Gasteiger partial charge >= 0.3 is 11.9 Å². The van der Waals surface area contributed by atoms with Crippen LogP contribution in [0.25, 0.3) is 0 Å². The minimum atomic E-state index is -0.894. The SMILES string of the molecule is C=C(CC=CCCCCCCCCCCCCCC)C(=O)O.C=C(CCCCCCCCC/C=C\CCCCCCCC)C(=O)O. The van der Waals surface area contributed by atoms with E-state index in [1.165, 1.54) is 161 Å². The second-order valence-corrected chi connectivity index (χ2v) is 13.2. The Kier molecular flexibility index (Phi) is 39.1. The van der Waals surface area contributed by atoms with Gasteiger partial charge in [0.2, 0.25) is 0 Å². The van der Waals surface area contributed by atoms with Gasteiger partial charge in [-0.15, -0.1) is 0 Å². The molecule has 0 spiro atoms. The number of carbonyl (C=O) groups is 2. The zero-order valence-electron chi connectivity index (χ0n) is 30.6. The molecule has 0 heterocycles. The molecule has 0 fully saturated rings. The molecule has 4 heteroatoms. The Bertz CT molecular complexity index is 764. The van der Waals surface area contributed by atoms with Crippen molar-refractivity contribution < 1.29 is 19.8 Å². The molecular weight excluding hydrogens is 568 g/mol. The molecule has 0 radical (unpaired) electrons. The zero-order valence-corrected chi connectivity index (χ0v) is 30.6. The minimum Gasteiger partial charge on any atom is -0.478 e. The minimum absolute atomic E-state index is 0.269. The molecule has 2 N–H and O–H groups in total. The molecule has 0 saturated heterocycles. The number of carboxylic acid groups (broad SMARTS) is 2. The fraction of sp³-hybridized carbons (Fsp3) is 0.762. The Morgan fingerprint density at radius 1 is 0.413 bits per heavy atom. The number of aliphatic carboxylic acids is 2. The van der Waals surface area contributed by atoms with Crippen LogP contribution in [0.1, 0.15) is 206 Å². The molecule has 0 aliphatic rings. The highest BCUT2D eigenvalue weighted by molar-refractivity contribution is 5.86. The molecule has 46 heavy (non-hydrogen) atoms. The number of hydrogen-bond donors (Lipinski definition) is 2. The van der Waals surface area contributed by atoms with Crippen molar-refractivity contribution in [1.82, 2.24) is 0 Å². The topological polar surface area (TPSA) is 74.6 Å². The molecule has 0 aliphatic carbocycles. The van der Waals surface area contributed by atoms with Crippen molar-refractivity contribution in [2.24, 2.45) is 0 Å². The number of allylic oxidation sites excluding steroid dienone is 4. The van der Waals surface area contributed by atoms with Crippen LogP contribution in [0.3, 0.4) is 0 Å². The Labute approximate surface area is 286 Å². The van der Waals surface area contributed by atoms with E-state index in [0.29, 0.717) is 18.4 Å². The van der Waals surface area contributed by atoms with Crippen LogP contribution in [-0.4, -0.2) is 22.2 Å². The number of carboxylic acids is 2. The van der Waals surface area contributed by atoms with Crippen molar-refractivity contribution in [3.05, 3.63) is 48.6 Å². The van der Waals surface area contributed by atoms with E-state index in [-0.39, 0.29) is 5.57 Å². The number of unbranched alkanes of at least 4 members (excludes halogenated alkanes) is 25. The highest BCUT2D eigenvalue weighted by Gasteiger charge is 2.02. The van der Waals surface area contributed by atoms with Crippen molar-refractivity contribution in [1.29, 1.82) is 0 Å². The van der Waals surface area contributed by atoms with Crippen LogP contribution in [0.4, 0.5) is 0 Å². The lowest BCUT2D eigenvalue weighted by molar-refractivity contribution is -0.133. The maximum absolute atomic E-state index is 10.6. The third-order valence-electron chi connectivity index (χ3n) is 8.60. The summed E-state index contributed by atoms with van der Waals surface area (Å²) < 4.78 is 0. The smallest absolute Gasteiger partial charge is 0.331 e. The molecule has 0 aromatic carbocycles. The fourth-order valence-corrected chi connectivity index (χ4v) is 5.40. The van der Waals surface area contributed by atoms with Crippen LogP contribution in [0.2, 0.25) is 0 Å². The average Bonchev–Trinajstić information content (AvgIpc) is 3.04. The Balaban J connectivity index is 0. The first-order valence-electron chi connectivity index (χ1n) is 19.5. The summed E-state index contributed by atoms with van der Waals surface area (Å²) in [6.45, 7) is 11.6. The van der Waals surface area contributed by atoms with Gasteiger partial charge in [0.15, 0.2) is 0 Å². The summed E-state index contributed by atoms with van der Waals surface area (Å²) in [5, 5.41) is 17.4. The average molecular weight is 645 g/mol. The van der Waals surface area contributed by atoms with Gasteiger partial charge in [-0.3, -0.25) is 0 Å². The van der Waals surface area contributed by atoms with Gasteiger partial charge in [-0.2, -0.15) is 0 Å². The molecule has 0 saturated carbocycles. The molecule has 268 valence electrons.